The molecular formula is C22H22FN3O3. The van der Waals surface area contributed by atoms with Crippen molar-refractivity contribution < 1.29 is 13.9 Å². The molecule has 2 heterocycles. The minimum absolute atomic E-state index is 0.219. The van der Waals surface area contributed by atoms with E-state index in [-0.39, 0.29) is 11.4 Å². The van der Waals surface area contributed by atoms with E-state index in [0.717, 1.165) is 24.3 Å². The largest absolute Gasteiger partial charge is 0.493 e. The van der Waals surface area contributed by atoms with E-state index in [1.54, 1.807) is 38.5 Å². The molecule has 6 nitrogen and oxygen atoms in total. The number of hydrogen-bond acceptors (Lipinski definition) is 5. The average Bonchev–Trinajstić information content (AvgIpc) is 2.74. The Morgan fingerprint density at radius 1 is 1.03 bits per heavy atom. The molecule has 0 bridgehead atoms. The van der Waals surface area contributed by atoms with E-state index < -0.39 is 0 Å². The van der Waals surface area contributed by atoms with Crippen molar-refractivity contribution in [3.63, 3.8) is 0 Å². The van der Waals surface area contributed by atoms with Crippen LogP contribution in [0, 0.1) is 5.82 Å². The van der Waals surface area contributed by atoms with Gasteiger partial charge in [-0.1, -0.05) is 12.1 Å². The lowest BCUT2D eigenvalue weighted by Gasteiger charge is -2.29. The Hall–Kier alpha value is -3.19. The van der Waals surface area contributed by atoms with Crippen LogP contribution in [0.4, 0.5) is 4.39 Å². The molecule has 1 aromatic heterocycles. The number of benzene rings is 2. The molecule has 1 aliphatic rings. The molecule has 2 aromatic carbocycles. The van der Waals surface area contributed by atoms with Crippen LogP contribution in [0.25, 0.3) is 11.3 Å². The monoisotopic (exact) mass is 395 g/mol. The summed E-state index contributed by atoms with van der Waals surface area (Å²) in [5.74, 6) is 1.04. The normalized spacial score (nSPS) is 13.8. The number of nitrogens with zero attached hydrogens (tertiary/aromatic N) is 3. The Kier molecular flexibility index (Phi) is 5.31. The summed E-state index contributed by atoms with van der Waals surface area (Å²) in [6.07, 6.45) is 0.831. The first kappa shape index (κ1) is 19.1. The maximum absolute atomic E-state index is 14.1. The molecule has 7 heteroatoms. The van der Waals surface area contributed by atoms with Crippen LogP contribution in [0.2, 0.25) is 0 Å². The Morgan fingerprint density at radius 2 is 1.76 bits per heavy atom. The van der Waals surface area contributed by atoms with Crippen LogP contribution in [-0.4, -0.2) is 35.4 Å². The predicted molar refractivity (Wildman–Crippen MR) is 108 cm³/mol. The molecule has 1 aliphatic heterocycles. The van der Waals surface area contributed by atoms with Gasteiger partial charge in [0.25, 0.3) is 5.56 Å². The maximum Gasteiger partial charge on any atom is 0.268 e. The Labute approximate surface area is 168 Å². The van der Waals surface area contributed by atoms with Gasteiger partial charge in [-0.3, -0.25) is 9.69 Å². The number of rotatable bonds is 5. The molecule has 3 aromatic rings. The molecule has 0 fully saturated rings. The zero-order valence-corrected chi connectivity index (χ0v) is 16.4. The molecule has 0 amide bonds. The van der Waals surface area contributed by atoms with Gasteiger partial charge in [0.1, 0.15) is 5.82 Å². The lowest BCUT2D eigenvalue weighted by atomic mass is 9.99. The first-order chi connectivity index (χ1) is 14.1. The maximum atomic E-state index is 14.1. The third kappa shape index (κ3) is 3.86. The number of aromatic nitrogens is 2. The Balaban J connectivity index is 1.59. The van der Waals surface area contributed by atoms with Crippen molar-refractivity contribution in [1.29, 1.82) is 0 Å². The zero-order valence-electron chi connectivity index (χ0n) is 16.4. The first-order valence-electron chi connectivity index (χ1n) is 9.38. The second-order valence-electron chi connectivity index (χ2n) is 6.96. The predicted octanol–water partition coefficient (Wildman–Crippen LogP) is 3.08. The zero-order chi connectivity index (χ0) is 20.4. The fourth-order valence-electron chi connectivity index (χ4n) is 3.61. The summed E-state index contributed by atoms with van der Waals surface area (Å²) >= 11 is 0. The van der Waals surface area contributed by atoms with E-state index >= 15 is 0 Å². The van der Waals surface area contributed by atoms with E-state index in [0.29, 0.717) is 30.2 Å². The average molecular weight is 395 g/mol. The summed E-state index contributed by atoms with van der Waals surface area (Å²) in [6.45, 7) is 1.77. The standard InChI is InChI=1S/C22H22FN3O3/c1-28-20-11-15-9-10-25(13-16(15)12-21(20)29-2)14-26-22(27)8-7-19(24-26)17-5-3-4-6-18(17)23/h3-8,11-12H,9-10,13-14H2,1-2H3. The van der Waals surface area contributed by atoms with E-state index in [1.165, 1.54) is 22.4 Å². The SMILES string of the molecule is COc1cc2c(cc1OC)CN(Cn1nc(-c3ccccc3F)ccc1=O)CC2. The highest BCUT2D eigenvalue weighted by atomic mass is 19.1. The third-order valence-corrected chi connectivity index (χ3v) is 5.15. The summed E-state index contributed by atoms with van der Waals surface area (Å²) in [7, 11) is 3.24. The lowest BCUT2D eigenvalue weighted by molar-refractivity contribution is 0.185. The topological polar surface area (TPSA) is 56.6 Å². The van der Waals surface area contributed by atoms with Crippen molar-refractivity contribution in [3.05, 3.63) is 75.8 Å². The molecule has 0 spiro atoms. The highest BCUT2D eigenvalue weighted by Crippen LogP contribution is 2.33. The van der Waals surface area contributed by atoms with Gasteiger partial charge in [-0.25, -0.2) is 9.07 Å². The molecule has 0 radical (unpaired) electrons. The van der Waals surface area contributed by atoms with Gasteiger partial charge >= 0.3 is 0 Å². The van der Waals surface area contributed by atoms with Gasteiger partial charge in [-0.05, 0) is 47.9 Å². The van der Waals surface area contributed by atoms with Crippen molar-refractivity contribution in [2.24, 2.45) is 0 Å². The second kappa shape index (κ2) is 8.05. The summed E-state index contributed by atoms with van der Waals surface area (Å²) < 4.78 is 26.3. The van der Waals surface area contributed by atoms with Crippen LogP contribution in [0.5, 0.6) is 11.5 Å². The van der Waals surface area contributed by atoms with Gasteiger partial charge in [-0.15, -0.1) is 0 Å². The van der Waals surface area contributed by atoms with E-state index in [1.807, 2.05) is 12.1 Å². The number of methoxy groups -OCH3 is 2. The number of hydrogen-bond donors (Lipinski definition) is 0. The molecule has 150 valence electrons. The molecule has 0 N–H and O–H groups in total. The fraction of sp³-hybridized carbons (Fsp3) is 0.273. The van der Waals surface area contributed by atoms with Crippen LogP contribution in [0.3, 0.4) is 0 Å². The number of ether oxygens (including phenoxy) is 2. The van der Waals surface area contributed by atoms with Crippen LogP contribution in [0.15, 0.2) is 53.3 Å². The highest BCUT2D eigenvalue weighted by Gasteiger charge is 2.20. The molecule has 0 atom stereocenters. The molecular weight excluding hydrogens is 373 g/mol. The first-order valence-corrected chi connectivity index (χ1v) is 9.38. The van der Waals surface area contributed by atoms with Gasteiger partial charge in [0.15, 0.2) is 11.5 Å². The van der Waals surface area contributed by atoms with Gasteiger partial charge in [-0.2, -0.15) is 5.10 Å². The van der Waals surface area contributed by atoms with Gasteiger partial charge in [0, 0.05) is 24.7 Å². The van der Waals surface area contributed by atoms with Gasteiger partial charge in [0.2, 0.25) is 0 Å². The van der Waals surface area contributed by atoms with Gasteiger partial charge < -0.3 is 9.47 Å². The summed E-state index contributed by atoms with van der Waals surface area (Å²) in [5.41, 5.74) is 2.93. The Morgan fingerprint density at radius 3 is 2.48 bits per heavy atom. The van der Waals surface area contributed by atoms with Crippen molar-refractivity contribution in [2.75, 3.05) is 20.8 Å². The molecule has 0 unspecified atom stereocenters. The number of halogens is 1. The van der Waals surface area contributed by atoms with E-state index in [4.69, 9.17) is 9.47 Å². The summed E-state index contributed by atoms with van der Waals surface area (Å²) in [5, 5.41) is 4.39. The molecule has 0 aliphatic carbocycles. The summed E-state index contributed by atoms with van der Waals surface area (Å²) in [6, 6.07) is 13.4. The Bertz CT molecular complexity index is 1100. The minimum Gasteiger partial charge on any atom is -0.493 e. The van der Waals surface area contributed by atoms with E-state index in [9.17, 15) is 9.18 Å². The molecule has 4 rings (SSSR count). The van der Waals surface area contributed by atoms with Crippen LogP contribution in [-0.2, 0) is 19.6 Å². The lowest BCUT2D eigenvalue weighted by Crippen LogP contribution is -2.37. The highest BCUT2D eigenvalue weighted by molar-refractivity contribution is 5.58. The van der Waals surface area contributed by atoms with Crippen molar-refractivity contribution in [3.8, 4) is 22.8 Å². The fourth-order valence-corrected chi connectivity index (χ4v) is 3.61. The molecule has 29 heavy (non-hydrogen) atoms. The van der Waals surface area contributed by atoms with Crippen LogP contribution >= 0.6 is 0 Å². The molecule has 0 saturated heterocycles. The van der Waals surface area contributed by atoms with Crippen molar-refractivity contribution in [1.82, 2.24) is 14.7 Å². The third-order valence-electron chi connectivity index (χ3n) is 5.15. The number of fused-ring (bicyclic) bond motifs is 1. The van der Waals surface area contributed by atoms with Crippen LogP contribution < -0.4 is 15.0 Å². The molecule has 0 saturated carbocycles. The quantitative estimate of drug-likeness (QED) is 0.665. The van der Waals surface area contributed by atoms with E-state index in [2.05, 4.69) is 10.00 Å². The minimum atomic E-state index is -0.363. The van der Waals surface area contributed by atoms with Crippen molar-refractivity contribution in [2.45, 2.75) is 19.6 Å². The smallest absolute Gasteiger partial charge is 0.268 e. The van der Waals surface area contributed by atoms with Gasteiger partial charge in [0.05, 0.1) is 26.6 Å². The second-order valence-corrected chi connectivity index (χ2v) is 6.96. The van der Waals surface area contributed by atoms with Crippen LogP contribution in [0.1, 0.15) is 11.1 Å². The van der Waals surface area contributed by atoms with Crippen molar-refractivity contribution >= 4 is 0 Å². The summed E-state index contributed by atoms with van der Waals surface area (Å²) in [4.78, 5) is 14.5.